The summed E-state index contributed by atoms with van der Waals surface area (Å²) in [7, 11) is 2.01. The molecule has 2 fully saturated rings. The van der Waals surface area contributed by atoms with Crippen molar-refractivity contribution < 1.29 is 4.39 Å². The van der Waals surface area contributed by atoms with Gasteiger partial charge < -0.3 is 4.57 Å². The fourth-order valence-electron chi connectivity index (χ4n) is 3.05. The van der Waals surface area contributed by atoms with Crippen LogP contribution in [0.2, 0.25) is 0 Å². The highest BCUT2D eigenvalue weighted by Crippen LogP contribution is 2.44. The third-order valence-electron chi connectivity index (χ3n) is 4.47. The number of hydrogen-bond acceptors (Lipinski definition) is 3. The first kappa shape index (κ1) is 15.0. The van der Waals surface area contributed by atoms with E-state index in [2.05, 4.69) is 9.47 Å². The molecule has 0 aliphatic heterocycles. The summed E-state index contributed by atoms with van der Waals surface area (Å²) in [6.45, 7) is 1.31. The van der Waals surface area contributed by atoms with E-state index in [1.165, 1.54) is 37.6 Å². The lowest BCUT2D eigenvalue weighted by Gasteiger charge is -2.16. The van der Waals surface area contributed by atoms with E-state index < -0.39 is 0 Å². The first-order chi connectivity index (χ1) is 11.1. The number of benzene rings is 1. The molecule has 0 radical (unpaired) electrons. The van der Waals surface area contributed by atoms with Gasteiger partial charge in [0.25, 0.3) is 0 Å². The Hall–Kier alpha value is -1.53. The standard InChI is InChI=1S/C17H21FN4S/c1-20(10-12-3-2-4-14(18)9-12)11-21-17(23)22(15-7-8-15)16(19-21)13-5-6-13/h2-4,9,13,15H,5-8,10-11H2,1H3. The van der Waals surface area contributed by atoms with Crippen molar-refractivity contribution >= 4 is 12.2 Å². The van der Waals surface area contributed by atoms with Crippen LogP contribution < -0.4 is 0 Å². The van der Waals surface area contributed by atoms with Crippen molar-refractivity contribution in [2.45, 2.75) is 50.9 Å². The SMILES string of the molecule is CN(Cc1cccc(F)c1)Cn1nc(C2CC2)n(C2CC2)c1=S. The number of halogens is 1. The average Bonchev–Trinajstić information content (AvgIpc) is 3.40. The van der Waals surface area contributed by atoms with Crippen LogP contribution in [0, 0.1) is 10.6 Å². The van der Waals surface area contributed by atoms with Crippen LogP contribution in [0.25, 0.3) is 0 Å². The van der Waals surface area contributed by atoms with Gasteiger partial charge in [0.2, 0.25) is 0 Å². The Morgan fingerprint density at radius 1 is 1.30 bits per heavy atom. The number of nitrogens with zero attached hydrogens (tertiary/aromatic N) is 4. The predicted molar refractivity (Wildman–Crippen MR) is 89.2 cm³/mol. The Balaban J connectivity index is 1.52. The molecular weight excluding hydrogens is 311 g/mol. The van der Waals surface area contributed by atoms with Gasteiger partial charge in [-0.15, -0.1) is 0 Å². The molecule has 0 N–H and O–H groups in total. The Kier molecular flexibility index (Phi) is 3.81. The summed E-state index contributed by atoms with van der Waals surface area (Å²) in [5.41, 5.74) is 0.961. The molecule has 0 amide bonds. The van der Waals surface area contributed by atoms with E-state index in [4.69, 9.17) is 17.3 Å². The van der Waals surface area contributed by atoms with E-state index in [1.54, 1.807) is 12.1 Å². The second-order valence-electron chi connectivity index (χ2n) is 6.80. The summed E-state index contributed by atoms with van der Waals surface area (Å²) in [6.07, 6.45) is 4.91. The zero-order valence-electron chi connectivity index (χ0n) is 13.3. The predicted octanol–water partition coefficient (Wildman–Crippen LogP) is 3.85. The van der Waals surface area contributed by atoms with Gasteiger partial charge in [0, 0.05) is 18.5 Å². The van der Waals surface area contributed by atoms with E-state index in [1.807, 2.05) is 17.8 Å². The van der Waals surface area contributed by atoms with Gasteiger partial charge in [-0.05, 0) is 62.6 Å². The Labute approximate surface area is 140 Å². The van der Waals surface area contributed by atoms with Gasteiger partial charge in [0.15, 0.2) is 4.77 Å². The highest BCUT2D eigenvalue weighted by Gasteiger charge is 2.35. The van der Waals surface area contributed by atoms with Gasteiger partial charge in [-0.25, -0.2) is 9.07 Å². The highest BCUT2D eigenvalue weighted by molar-refractivity contribution is 7.71. The molecule has 4 rings (SSSR count). The maximum absolute atomic E-state index is 13.3. The minimum atomic E-state index is -0.193. The van der Waals surface area contributed by atoms with Crippen molar-refractivity contribution in [1.29, 1.82) is 0 Å². The zero-order chi connectivity index (χ0) is 16.0. The molecule has 2 aromatic rings. The van der Waals surface area contributed by atoms with Crippen molar-refractivity contribution in [1.82, 2.24) is 19.2 Å². The molecule has 0 bridgehead atoms. The second kappa shape index (κ2) is 5.83. The van der Waals surface area contributed by atoms with Gasteiger partial charge in [0.05, 0.1) is 6.67 Å². The Bertz CT molecular complexity index is 773. The normalized spacial score (nSPS) is 17.9. The second-order valence-corrected chi connectivity index (χ2v) is 7.17. The Morgan fingerprint density at radius 3 is 2.74 bits per heavy atom. The fraction of sp³-hybridized carbons (Fsp3) is 0.529. The number of rotatable bonds is 6. The molecule has 0 unspecified atom stereocenters. The molecule has 2 aliphatic rings. The summed E-state index contributed by atoms with van der Waals surface area (Å²) in [5, 5.41) is 4.79. The first-order valence-corrected chi connectivity index (χ1v) is 8.65. The first-order valence-electron chi connectivity index (χ1n) is 8.24. The van der Waals surface area contributed by atoms with Crippen LogP contribution >= 0.6 is 12.2 Å². The fourth-order valence-corrected chi connectivity index (χ4v) is 3.39. The van der Waals surface area contributed by atoms with Crippen LogP contribution in [0.15, 0.2) is 24.3 Å². The summed E-state index contributed by atoms with van der Waals surface area (Å²) >= 11 is 5.66. The highest BCUT2D eigenvalue weighted by atomic mass is 32.1. The third kappa shape index (κ3) is 3.23. The molecule has 2 saturated carbocycles. The number of hydrogen-bond donors (Lipinski definition) is 0. The minimum Gasteiger partial charge on any atom is -0.301 e. The van der Waals surface area contributed by atoms with E-state index in [0.717, 1.165) is 10.3 Å². The molecule has 1 aromatic carbocycles. The van der Waals surface area contributed by atoms with Crippen molar-refractivity contribution in [3.05, 3.63) is 46.2 Å². The topological polar surface area (TPSA) is 26.0 Å². The van der Waals surface area contributed by atoms with Crippen molar-refractivity contribution in [2.75, 3.05) is 7.05 Å². The number of aromatic nitrogens is 3. The molecule has 122 valence electrons. The van der Waals surface area contributed by atoms with Gasteiger partial charge in [-0.2, -0.15) is 5.10 Å². The molecule has 1 aromatic heterocycles. The van der Waals surface area contributed by atoms with Crippen molar-refractivity contribution in [3.63, 3.8) is 0 Å². The molecule has 2 aliphatic carbocycles. The van der Waals surface area contributed by atoms with Crippen LogP contribution in [-0.2, 0) is 13.2 Å². The molecule has 1 heterocycles. The summed E-state index contributed by atoms with van der Waals surface area (Å²) < 4.78 is 18.3. The molecule has 23 heavy (non-hydrogen) atoms. The average molecular weight is 332 g/mol. The smallest absolute Gasteiger partial charge is 0.199 e. The molecule has 0 saturated heterocycles. The molecule has 6 heteroatoms. The summed E-state index contributed by atoms with van der Waals surface area (Å²) in [6, 6.07) is 7.31. The van der Waals surface area contributed by atoms with E-state index in [9.17, 15) is 4.39 Å². The summed E-state index contributed by atoms with van der Waals surface area (Å²) in [5.74, 6) is 1.59. The van der Waals surface area contributed by atoms with Crippen LogP contribution in [0.1, 0.15) is 49.0 Å². The molecular formula is C17H21FN4S. The van der Waals surface area contributed by atoms with Gasteiger partial charge in [-0.3, -0.25) is 4.90 Å². The molecule has 4 nitrogen and oxygen atoms in total. The molecule has 0 atom stereocenters. The maximum atomic E-state index is 13.3. The van der Waals surface area contributed by atoms with Crippen LogP contribution in [-0.4, -0.2) is 26.3 Å². The minimum absolute atomic E-state index is 0.193. The molecule has 0 spiro atoms. The maximum Gasteiger partial charge on any atom is 0.199 e. The van der Waals surface area contributed by atoms with Crippen LogP contribution in [0.3, 0.4) is 0 Å². The van der Waals surface area contributed by atoms with Gasteiger partial charge in [-0.1, -0.05) is 12.1 Å². The van der Waals surface area contributed by atoms with Crippen LogP contribution in [0.4, 0.5) is 4.39 Å². The lowest BCUT2D eigenvalue weighted by Crippen LogP contribution is -2.22. The van der Waals surface area contributed by atoms with Gasteiger partial charge >= 0.3 is 0 Å². The largest absolute Gasteiger partial charge is 0.301 e. The Morgan fingerprint density at radius 2 is 2.09 bits per heavy atom. The lowest BCUT2D eigenvalue weighted by molar-refractivity contribution is 0.243. The quantitative estimate of drug-likeness (QED) is 0.752. The van der Waals surface area contributed by atoms with Crippen molar-refractivity contribution in [2.24, 2.45) is 0 Å². The van der Waals surface area contributed by atoms with Crippen LogP contribution in [0.5, 0.6) is 0 Å². The summed E-state index contributed by atoms with van der Waals surface area (Å²) in [4.78, 5) is 2.12. The zero-order valence-corrected chi connectivity index (χ0v) is 14.1. The van der Waals surface area contributed by atoms with E-state index in [-0.39, 0.29) is 5.82 Å². The van der Waals surface area contributed by atoms with Gasteiger partial charge in [0.1, 0.15) is 11.6 Å². The van der Waals surface area contributed by atoms with E-state index >= 15 is 0 Å². The lowest BCUT2D eigenvalue weighted by atomic mass is 10.2. The van der Waals surface area contributed by atoms with Crippen molar-refractivity contribution in [3.8, 4) is 0 Å². The monoisotopic (exact) mass is 332 g/mol. The third-order valence-corrected chi connectivity index (χ3v) is 4.88. The van der Waals surface area contributed by atoms with E-state index in [0.29, 0.717) is 25.2 Å².